The van der Waals surface area contributed by atoms with E-state index in [0.717, 1.165) is 46.0 Å². The second-order valence-electron chi connectivity index (χ2n) is 7.14. The molecule has 0 spiro atoms. The summed E-state index contributed by atoms with van der Waals surface area (Å²) in [5, 5.41) is 11.2. The predicted molar refractivity (Wildman–Crippen MR) is 118 cm³/mol. The van der Waals surface area contributed by atoms with Crippen molar-refractivity contribution < 1.29 is 9.53 Å². The number of hydrogen-bond acceptors (Lipinski definition) is 5. The average molecular weight is 428 g/mol. The van der Waals surface area contributed by atoms with Crippen molar-refractivity contribution in [1.82, 2.24) is 4.98 Å². The number of rotatable bonds is 6. The van der Waals surface area contributed by atoms with Gasteiger partial charge in [-0.05, 0) is 67.5 Å². The molecule has 4 rings (SSSR count). The normalized spacial score (nSPS) is 14.3. The number of nitrogens with two attached hydrogens (primary N) is 1. The van der Waals surface area contributed by atoms with Crippen LogP contribution >= 0.6 is 23.5 Å². The van der Waals surface area contributed by atoms with Crippen LogP contribution in [0.25, 0.3) is 10.8 Å². The van der Waals surface area contributed by atoms with Crippen molar-refractivity contribution in [2.45, 2.75) is 43.1 Å². The molecule has 1 heterocycles. The molecular formula is C22H22ClN3O2S. The average Bonchev–Trinajstić information content (AvgIpc) is 3.23. The molecule has 2 aromatic carbocycles. The van der Waals surface area contributed by atoms with E-state index in [1.165, 1.54) is 12.8 Å². The minimum atomic E-state index is -0.146. The molecule has 29 heavy (non-hydrogen) atoms. The van der Waals surface area contributed by atoms with Crippen LogP contribution in [0.15, 0.2) is 53.6 Å². The molecule has 0 bridgehead atoms. The third-order valence-corrected chi connectivity index (χ3v) is 6.07. The fourth-order valence-corrected chi connectivity index (χ4v) is 4.37. The first-order chi connectivity index (χ1) is 14.1. The molecule has 1 aromatic heterocycles. The first-order valence-corrected chi connectivity index (χ1v) is 10.9. The molecule has 0 radical (unpaired) electrons. The van der Waals surface area contributed by atoms with Gasteiger partial charge >= 0.3 is 0 Å². The molecule has 150 valence electrons. The minimum absolute atomic E-state index is 0.146. The van der Waals surface area contributed by atoms with E-state index in [4.69, 9.17) is 21.5 Å². The number of benzene rings is 2. The first-order valence-electron chi connectivity index (χ1n) is 9.63. The molecule has 5 nitrogen and oxygen atoms in total. The molecule has 1 aliphatic rings. The minimum Gasteiger partial charge on any atom is -0.474 e. The summed E-state index contributed by atoms with van der Waals surface area (Å²) >= 11 is 7.32. The number of anilines is 1. The van der Waals surface area contributed by atoms with Crippen LogP contribution in [0.4, 0.5) is 5.69 Å². The van der Waals surface area contributed by atoms with Crippen LogP contribution < -0.4 is 15.2 Å². The van der Waals surface area contributed by atoms with Crippen LogP contribution in [0.5, 0.6) is 5.88 Å². The number of fused-ring (bicyclic) bond motifs is 1. The Hall–Kier alpha value is -2.28. The van der Waals surface area contributed by atoms with Crippen LogP contribution in [-0.4, -0.2) is 17.0 Å². The molecule has 1 fully saturated rings. The Labute approximate surface area is 179 Å². The van der Waals surface area contributed by atoms with Gasteiger partial charge in [0, 0.05) is 32.6 Å². The van der Waals surface area contributed by atoms with Gasteiger partial charge < -0.3 is 10.1 Å². The van der Waals surface area contributed by atoms with Crippen molar-refractivity contribution in [3.63, 3.8) is 0 Å². The highest BCUT2D eigenvalue weighted by atomic mass is 35.5. The lowest BCUT2D eigenvalue weighted by Crippen LogP contribution is -2.15. The number of halogens is 1. The van der Waals surface area contributed by atoms with Gasteiger partial charge in [-0.1, -0.05) is 29.8 Å². The fourth-order valence-electron chi connectivity index (χ4n) is 3.67. The van der Waals surface area contributed by atoms with Crippen molar-refractivity contribution in [3.05, 3.63) is 59.2 Å². The van der Waals surface area contributed by atoms with Crippen LogP contribution in [-0.2, 0) is 11.2 Å². The third kappa shape index (κ3) is 4.66. The van der Waals surface area contributed by atoms with Crippen LogP contribution in [0.3, 0.4) is 0 Å². The first kappa shape index (κ1) is 20.0. The van der Waals surface area contributed by atoms with Crippen molar-refractivity contribution in [2.24, 2.45) is 5.14 Å². The fraction of sp³-hybridized carbons (Fsp3) is 0.273. The Kier molecular flexibility index (Phi) is 6.23. The maximum absolute atomic E-state index is 12.6. The monoisotopic (exact) mass is 427 g/mol. The Bertz CT molecular complexity index is 1040. The number of carbonyl (C=O) groups excluding carboxylic acids is 1. The predicted octanol–water partition coefficient (Wildman–Crippen LogP) is 5.36. The van der Waals surface area contributed by atoms with Crippen molar-refractivity contribution in [2.75, 3.05) is 5.32 Å². The molecule has 3 N–H and O–H groups in total. The highest BCUT2D eigenvalue weighted by Crippen LogP contribution is 2.35. The smallest absolute Gasteiger partial charge is 0.228 e. The number of nitrogens with one attached hydrogen (secondary N) is 1. The van der Waals surface area contributed by atoms with Gasteiger partial charge in [-0.25, -0.2) is 4.98 Å². The summed E-state index contributed by atoms with van der Waals surface area (Å²) in [6.45, 7) is 0. The van der Waals surface area contributed by atoms with Gasteiger partial charge in [0.15, 0.2) is 0 Å². The van der Waals surface area contributed by atoms with E-state index < -0.39 is 0 Å². The van der Waals surface area contributed by atoms with E-state index in [9.17, 15) is 4.79 Å². The zero-order chi connectivity index (χ0) is 20.2. The SMILES string of the molecule is NSc1cc(NC(=O)Cc2ccccc2Cl)cc2c(OC3CCCC3)nccc12. The Morgan fingerprint density at radius 3 is 2.76 bits per heavy atom. The van der Waals surface area contributed by atoms with Gasteiger partial charge in [-0.3, -0.25) is 9.93 Å². The quantitative estimate of drug-likeness (QED) is 0.518. The van der Waals surface area contributed by atoms with E-state index in [1.54, 1.807) is 12.3 Å². The van der Waals surface area contributed by atoms with Gasteiger partial charge in [-0.2, -0.15) is 0 Å². The zero-order valence-corrected chi connectivity index (χ0v) is 17.4. The molecule has 0 atom stereocenters. The van der Waals surface area contributed by atoms with E-state index >= 15 is 0 Å². The zero-order valence-electron chi connectivity index (χ0n) is 15.9. The largest absolute Gasteiger partial charge is 0.474 e. The maximum atomic E-state index is 12.6. The highest BCUT2D eigenvalue weighted by Gasteiger charge is 2.19. The third-order valence-electron chi connectivity index (χ3n) is 5.11. The molecule has 1 amide bonds. The summed E-state index contributed by atoms with van der Waals surface area (Å²) in [4.78, 5) is 17.9. The Morgan fingerprint density at radius 2 is 2.00 bits per heavy atom. The van der Waals surface area contributed by atoms with Crippen LogP contribution in [0, 0.1) is 0 Å². The number of carbonyl (C=O) groups is 1. The topological polar surface area (TPSA) is 77.2 Å². The molecule has 0 aliphatic heterocycles. The lowest BCUT2D eigenvalue weighted by Gasteiger charge is -2.16. The van der Waals surface area contributed by atoms with E-state index in [1.807, 2.05) is 36.4 Å². The van der Waals surface area contributed by atoms with Crippen LogP contribution in [0.2, 0.25) is 5.02 Å². The molecule has 1 saturated carbocycles. The summed E-state index contributed by atoms with van der Waals surface area (Å²) in [5.74, 6) is 0.444. The highest BCUT2D eigenvalue weighted by molar-refractivity contribution is 7.97. The van der Waals surface area contributed by atoms with E-state index in [2.05, 4.69) is 10.3 Å². The molecule has 1 aliphatic carbocycles. The van der Waals surface area contributed by atoms with E-state index in [-0.39, 0.29) is 18.4 Å². The second-order valence-corrected chi connectivity index (χ2v) is 8.23. The number of pyridine rings is 1. The van der Waals surface area contributed by atoms with Crippen molar-refractivity contribution in [1.29, 1.82) is 0 Å². The molecule has 0 unspecified atom stereocenters. The van der Waals surface area contributed by atoms with Crippen molar-refractivity contribution >= 4 is 45.9 Å². The Morgan fingerprint density at radius 1 is 1.21 bits per heavy atom. The number of nitrogens with zero attached hydrogens (tertiary/aromatic N) is 1. The maximum Gasteiger partial charge on any atom is 0.228 e. The van der Waals surface area contributed by atoms with E-state index in [0.29, 0.717) is 16.6 Å². The summed E-state index contributed by atoms with van der Waals surface area (Å²) < 4.78 is 6.17. The molecule has 0 saturated heterocycles. The molecule has 3 aromatic rings. The molecular weight excluding hydrogens is 406 g/mol. The van der Waals surface area contributed by atoms with Crippen LogP contribution in [0.1, 0.15) is 31.2 Å². The van der Waals surface area contributed by atoms with Gasteiger partial charge in [-0.15, -0.1) is 0 Å². The number of hydrogen-bond donors (Lipinski definition) is 2. The summed E-state index contributed by atoms with van der Waals surface area (Å²) in [5.41, 5.74) is 1.44. The Balaban J connectivity index is 1.62. The number of amides is 1. The van der Waals surface area contributed by atoms with Gasteiger partial charge in [0.1, 0.15) is 6.10 Å². The van der Waals surface area contributed by atoms with Crippen molar-refractivity contribution in [3.8, 4) is 5.88 Å². The van der Waals surface area contributed by atoms with Gasteiger partial charge in [0.25, 0.3) is 0 Å². The summed E-state index contributed by atoms with van der Waals surface area (Å²) in [6, 6.07) is 13.0. The lowest BCUT2D eigenvalue weighted by molar-refractivity contribution is -0.115. The summed E-state index contributed by atoms with van der Waals surface area (Å²) in [7, 11) is 0. The van der Waals surface area contributed by atoms with Gasteiger partial charge in [0.2, 0.25) is 11.8 Å². The van der Waals surface area contributed by atoms with Gasteiger partial charge in [0.05, 0.1) is 6.42 Å². The lowest BCUT2D eigenvalue weighted by atomic mass is 10.1. The number of aromatic nitrogens is 1. The molecule has 7 heteroatoms. The standard InChI is InChI=1S/C22H22ClN3O2S/c23-19-8-4-1-5-14(19)11-21(27)26-15-12-18-17(20(13-15)29-24)9-10-25-22(18)28-16-6-2-3-7-16/h1,4-5,8-10,12-13,16H,2-3,6-7,11,24H2,(H,26,27). The second kappa shape index (κ2) is 9.03. The summed E-state index contributed by atoms with van der Waals surface area (Å²) in [6.07, 6.45) is 6.59. The number of ether oxygens (including phenoxy) is 1.